The highest BCUT2D eigenvalue weighted by Crippen LogP contribution is 2.66. The summed E-state index contributed by atoms with van der Waals surface area (Å²) >= 11 is 0. The molecule has 0 aromatic rings. The summed E-state index contributed by atoms with van der Waals surface area (Å²) in [7, 11) is 0. The fraction of sp³-hybridized carbons (Fsp3) is 0.875. The molecular formula is C32H54O. The van der Waals surface area contributed by atoms with Crippen LogP contribution in [0.25, 0.3) is 0 Å². The Morgan fingerprint density at radius 3 is 2.36 bits per heavy atom. The molecule has 188 valence electrons. The molecule has 0 aliphatic heterocycles. The minimum atomic E-state index is -0.0956. The maximum Gasteiger partial charge on any atom is 0.0678 e. The van der Waals surface area contributed by atoms with Crippen LogP contribution >= 0.6 is 0 Å². The Bertz CT molecular complexity index is 779. The molecule has 4 aliphatic rings. The number of ether oxygens (including phenoxy) is 1. The van der Waals surface area contributed by atoms with E-state index < -0.39 is 0 Å². The molecule has 4 aliphatic carbocycles. The van der Waals surface area contributed by atoms with Crippen molar-refractivity contribution in [2.75, 3.05) is 0 Å². The molecule has 33 heavy (non-hydrogen) atoms. The van der Waals surface area contributed by atoms with Crippen molar-refractivity contribution in [1.29, 1.82) is 0 Å². The Balaban J connectivity index is 1.53. The zero-order chi connectivity index (χ0) is 24.2. The second kappa shape index (κ2) is 8.83. The van der Waals surface area contributed by atoms with Crippen molar-refractivity contribution in [1.82, 2.24) is 0 Å². The van der Waals surface area contributed by atoms with E-state index in [0.29, 0.717) is 16.9 Å². The highest BCUT2D eigenvalue weighted by Gasteiger charge is 2.57. The van der Waals surface area contributed by atoms with Crippen LogP contribution in [0.5, 0.6) is 0 Å². The van der Waals surface area contributed by atoms with Crippen molar-refractivity contribution in [2.45, 2.75) is 138 Å². The molecule has 3 saturated carbocycles. The number of allylic oxidation sites excluding steroid dienone is 3. The maximum absolute atomic E-state index is 6.77. The fourth-order valence-corrected chi connectivity index (χ4v) is 8.37. The van der Waals surface area contributed by atoms with Crippen molar-refractivity contribution < 1.29 is 4.74 Å². The van der Waals surface area contributed by atoms with E-state index in [1.807, 2.05) is 5.57 Å². The topological polar surface area (TPSA) is 9.23 Å². The van der Waals surface area contributed by atoms with Gasteiger partial charge in [0.1, 0.15) is 0 Å². The standard InChI is InChI=1S/C32H54O/c1-10-11-12-22(2)26-15-16-27-25-14-13-23-21-24(33-30(6,7)29(3,4)5)17-19-31(23,8)28(25)18-20-32(26,27)9/h13-14,22,24,26-28H,10-12,15-21H2,1-9H3/t22?,24-,26?,27?,28?,31-,32+/m0/s1. The van der Waals surface area contributed by atoms with E-state index in [4.69, 9.17) is 4.74 Å². The van der Waals surface area contributed by atoms with Gasteiger partial charge in [0, 0.05) is 0 Å². The molecule has 0 aromatic heterocycles. The van der Waals surface area contributed by atoms with Gasteiger partial charge in [-0.3, -0.25) is 0 Å². The number of fused-ring (bicyclic) bond motifs is 5. The number of rotatable bonds is 6. The van der Waals surface area contributed by atoms with Gasteiger partial charge in [-0.1, -0.05) is 91.0 Å². The van der Waals surface area contributed by atoms with Gasteiger partial charge in [0.2, 0.25) is 0 Å². The van der Waals surface area contributed by atoms with E-state index in [-0.39, 0.29) is 11.0 Å². The minimum absolute atomic E-state index is 0.0956. The van der Waals surface area contributed by atoms with E-state index >= 15 is 0 Å². The van der Waals surface area contributed by atoms with Gasteiger partial charge in [-0.15, -0.1) is 0 Å². The molecule has 0 N–H and O–H groups in total. The largest absolute Gasteiger partial charge is 0.371 e. The van der Waals surface area contributed by atoms with E-state index in [2.05, 4.69) is 74.5 Å². The average molecular weight is 455 g/mol. The molecule has 0 bridgehead atoms. The summed E-state index contributed by atoms with van der Waals surface area (Å²) in [6, 6.07) is 0. The average Bonchev–Trinajstić information content (AvgIpc) is 3.08. The normalized spacial score (nSPS) is 39.8. The van der Waals surface area contributed by atoms with Gasteiger partial charge in [0.05, 0.1) is 11.7 Å². The first kappa shape index (κ1) is 25.5. The van der Waals surface area contributed by atoms with Crippen LogP contribution in [0.1, 0.15) is 127 Å². The van der Waals surface area contributed by atoms with Gasteiger partial charge >= 0.3 is 0 Å². The predicted molar refractivity (Wildman–Crippen MR) is 142 cm³/mol. The van der Waals surface area contributed by atoms with Gasteiger partial charge < -0.3 is 4.74 Å². The van der Waals surface area contributed by atoms with E-state index in [0.717, 1.165) is 30.1 Å². The van der Waals surface area contributed by atoms with Crippen molar-refractivity contribution >= 4 is 0 Å². The van der Waals surface area contributed by atoms with Crippen LogP contribution in [-0.2, 0) is 4.74 Å². The van der Waals surface area contributed by atoms with Crippen LogP contribution in [-0.4, -0.2) is 11.7 Å². The minimum Gasteiger partial charge on any atom is -0.371 e. The first-order chi connectivity index (χ1) is 15.3. The smallest absolute Gasteiger partial charge is 0.0678 e. The van der Waals surface area contributed by atoms with E-state index in [1.165, 1.54) is 57.8 Å². The lowest BCUT2D eigenvalue weighted by Crippen LogP contribution is -2.48. The predicted octanol–water partition coefficient (Wildman–Crippen LogP) is 9.52. The molecule has 0 radical (unpaired) electrons. The zero-order valence-corrected chi connectivity index (χ0v) is 23.5. The van der Waals surface area contributed by atoms with Gasteiger partial charge in [-0.25, -0.2) is 0 Å². The molecule has 0 heterocycles. The Labute approximate surface area is 206 Å². The molecule has 0 spiro atoms. The number of hydrogen-bond acceptors (Lipinski definition) is 1. The highest BCUT2D eigenvalue weighted by molar-refractivity contribution is 5.39. The fourth-order valence-electron chi connectivity index (χ4n) is 8.37. The Morgan fingerprint density at radius 2 is 1.70 bits per heavy atom. The molecule has 0 aromatic carbocycles. The summed E-state index contributed by atoms with van der Waals surface area (Å²) < 4.78 is 6.77. The molecule has 4 unspecified atom stereocenters. The lowest BCUT2D eigenvalue weighted by atomic mass is 9.50. The van der Waals surface area contributed by atoms with E-state index in [9.17, 15) is 0 Å². The van der Waals surface area contributed by atoms with Crippen LogP contribution in [0.2, 0.25) is 0 Å². The third-order valence-corrected chi connectivity index (χ3v) is 11.6. The molecule has 3 fully saturated rings. The molecule has 0 amide bonds. The summed E-state index contributed by atoms with van der Waals surface area (Å²) in [6.45, 7) is 21.7. The molecule has 4 rings (SSSR count). The highest BCUT2D eigenvalue weighted by atomic mass is 16.5. The van der Waals surface area contributed by atoms with E-state index in [1.54, 1.807) is 5.57 Å². The second-order valence-corrected chi connectivity index (χ2v) is 14.5. The zero-order valence-electron chi connectivity index (χ0n) is 23.5. The number of unbranched alkanes of at least 4 members (excludes halogenated alkanes) is 1. The first-order valence-electron chi connectivity index (χ1n) is 14.4. The SMILES string of the molecule is CCCCC(C)C1CCC2C3=CC=C4C[C@@H](OC(C)(C)C(C)(C)C)CC[C@]4(C)C3CC[C@@]21C. The summed E-state index contributed by atoms with van der Waals surface area (Å²) in [5, 5.41) is 0. The van der Waals surface area contributed by atoms with Crippen molar-refractivity contribution in [3.63, 3.8) is 0 Å². The Kier molecular flexibility index (Phi) is 6.83. The van der Waals surface area contributed by atoms with Gasteiger partial charge in [0.25, 0.3) is 0 Å². The number of hydrogen-bond donors (Lipinski definition) is 0. The van der Waals surface area contributed by atoms with Crippen molar-refractivity contribution in [2.24, 2.45) is 39.9 Å². The lowest BCUT2D eigenvalue weighted by molar-refractivity contribution is -0.141. The van der Waals surface area contributed by atoms with Gasteiger partial charge in [-0.05, 0) is 98.7 Å². The van der Waals surface area contributed by atoms with Gasteiger partial charge in [-0.2, -0.15) is 0 Å². The third kappa shape index (κ3) is 4.32. The van der Waals surface area contributed by atoms with Gasteiger partial charge in [0.15, 0.2) is 0 Å². The third-order valence-electron chi connectivity index (χ3n) is 11.6. The monoisotopic (exact) mass is 454 g/mol. The van der Waals surface area contributed by atoms with Crippen molar-refractivity contribution in [3.8, 4) is 0 Å². The lowest BCUT2D eigenvalue weighted by Gasteiger charge is -2.56. The second-order valence-electron chi connectivity index (χ2n) is 14.5. The molecule has 1 heteroatoms. The summed E-state index contributed by atoms with van der Waals surface area (Å²) in [6.07, 6.45) is 19.1. The van der Waals surface area contributed by atoms with Crippen LogP contribution in [0, 0.1) is 39.9 Å². The molecule has 7 atom stereocenters. The maximum atomic E-state index is 6.77. The summed E-state index contributed by atoms with van der Waals surface area (Å²) in [4.78, 5) is 0. The quantitative estimate of drug-likeness (QED) is 0.388. The van der Waals surface area contributed by atoms with Crippen LogP contribution in [0.3, 0.4) is 0 Å². The van der Waals surface area contributed by atoms with Crippen molar-refractivity contribution in [3.05, 3.63) is 23.3 Å². The Morgan fingerprint density at radius 1 is 0.970 bits per heavy atom. The Hall–Kier alpha value is -0.560. The molecule has 1 nitrogen and oxygen atoms in total. The van der Waals surface area contributed by atoms with Crippen LogP contribution in [0.4, 0.5) is 0 Å². The molecule has 0 saturated heterocycles. The van der Waals surface area contributed by atoms with Crippen LogP contribution in [0.15, 0.2) is 23.3 Å². The van der Waals surface area contributed by atoms with Crippen LogP contribution < -0.4 is 0 Å². The first-order valence-corrected chi connectivity index (χ1v) is 14.4. The summed E-state index contributed by atoms with van der Waals surface area (Å²) in [5.41, 5.74) is 4.49. The molecular weight excluding hydrogens is 400 g/mol. The summed E-state index contributed by atoms with van der Waals surface area (Å²) in [5.74, 6) is 3.42.